The van der Waals surface area contributed by atoms with E-state index < -0.39 is 11.7 Å². The highest BCUT2D eigenvalue weighted by Gasteiger charge is 2.35. The molecule has 4 aromatic rings. The number of benzene rings is 3. The first kappa shape index (κ1) is 21.9. The molecule has 1 amide bonds. The minimum atomic E-state index is -4.40. The summed E-state index contributed by atoms with van der Waals surface area (Å²) >= 11 is 0. The van der Waals surface area contributed by atoms with Crippen LogP contribution in [0, 0.1) is 0 Å². The quantitative estimate of drug-likeness (QED) is 0.384. The normalized spacial score (nSPS) is 13.6. The van der Waals surface area contributed by atoms with E-state index in [2.05, 4.69) is 0 Å². The zero-order valence-electron chi connectivity index (χ0n) is 18.3. The van der Waals surface area contributed by atoms with E-state index in [-0.39, 0.29) is 37.5 Å². The number of rotatable bonds is 4. The molecule has 5 rings (SSSR count). The number of amides is 1. The van der Waals surface area contributed by atoms with Gasteiger partial charge in [0.25, 0.3) is 0 Å². The van der Waals surface area contributed by atoms with Crippen LogP contribution < -0.4 is 0 Å². The van der Waals surface area contributed by atoms with Crippen molar-refractivity contribution in [1.82, 2.24) is 14.7 Å². The van der Waals surface area contributed by atoms with Crippen LogP contribution in [0.4, 0.5) is 13.2 Å². The van der Waals surface area contributed by atoms with E-state index in [1.54, 1.807) is 15.6 Å². The van der Waals surface area contributed by atoms with Gasteiger partial charge in [0.05, 0.1) is 17.0 Å². The molecule has 0 bridgehead atoms. The van der Waals surface area contributed by atoms with Gasteiger partial charge < -0.3 is 4.90 Å². The Kier molecular flexibility index (Phi) is 5.69. The molecule has 0 saturated heterocycles. The lowest BCUT2D eigenvalue weighted by Gasteiger charge is -2.30. The highest BCUT2D eigenvalue weighted by Crippen LogP contribution is 2.35. The van der Waals surface area contributed by atoms with E-state index in [9.17, 15) is 18.0 Å². The molecule has 3 aromatic carbocycles. The van der Waals surface area contributed by atoms with Crippen LogP contribution in [0.1, 0.15) is 16.7 Å². The number of alkyl halides is 3. The topological polar surface area (TPSA) is 38.1 Å². The van der Waals surface area contributed by atoms with Crippen LogP contribution in [0.15, 0.2) is 84.9 Å². The van der Waals surface area contributed by atoms with Crippen molar-refractivity contribution in [3.63, 3.8) is 0 Å². The Balaban J connectivity index is 1.42. The number of halogens is 3. The molecule has 1 aromatic heterocycles. The molecular formula is C27H22F3N3O. The molecule has 7 heteroatoms. The molecule has 0 radical (unpaired) electrons. The van der Waals surface area contributed by atoms with Crippen molar-refractivity contribution in [3.05, 3.63) is 102 Å². The molecular weight excluding hydrogens is 439 g/mol. The molecule has 0 fully saturated rings. The number of aromatic nitrogens is 2. The summed E-state index contributed by atoms with van der Waals surface area (Å²) in [5.74, 6) is -0.178. The van der Waals surface area contributed by atoms with E-state index >= 15 is 0 Å². The summed E-state index contributed by atoms with van der Waals surface area (Å²) in [4.78, 5) is 14.8. The van der Waals surface area contributed by atoms with E-state index in [1.807, 2.05) is 66.7 Å². The SMILES string of the molecule is O=C(Cn1nc(-c2ccccc2)cc1-c1ccccc1)N1CCc2c(cccc2C(F)(F)F)C1. The van der Waals surface area contributed by atoms with Gasteiger partial charge in [-0.1, -0.05) is 72.8 Å². The Morgan fingerprint density at radius 3 is 2.24 bits per heavy atom. The minimum Gasteiger partial charge on any atom is -0.336 e. The fourth-order valence-corrected chi connectivity index (χ4v) is 4.44. The summed E-state index contributed by atoms with van der Waals surface area (Å²) in [7, 11) is 0. The molecule has 0 saturated carbocycles. The average molecular weight is 461 g/mol. The first-order valence-electron chi connectivity index (χ1n) is 11.0. The summed E-state index contributed by atoms with van der Waals surface area (Å²) in [5, 5.41) is 4.70. The predicted octanol–water partition coefficient (Wildman–Crippen LogP) is 5.82. The molecule has 1 aliphatic heterocycles. The van der Waals surface area contributed by atoms with Crippen molar-refractivity contribution < 1.29 is 18.0 Å². The molecule has 172 valence electrons. The molecule has 0 N–H and O–H groups in total. The number of hydrogen-bond acceptors (Lipinski definition) is 2. The molecule has 0 unspecified atom stereocenters. The zero-order valence-corrected chi connectivity index (χ0v) is 18.3. The fraction of sp³-hybridized carbons (Fsp3) is 0.185. The second kappa shape index (κ2) is 8.82. The average Bonchev–Trinajstić information content (AvgIpc) is 3.27. The third kappa shape index (κ3) is 4.33. The summed E-state index contributed by atoms with van der Waals surface area (Å²) in [5.41, 5.74) is 3.66. The van der Waals surface area contributed by atoms with E-state index in [1.165, 1.54) is 6.07 Å². The third-order valence-corrected chi connectivity index (χ3v) is 6.13. The molecule has 34 heavy (non-hydrogen) atoms. The maximum atomic E-state index is 13.4. The number of carbonyl (C=O) groups is 1. The standard InChI is InChI=1S/C27H22F3N3O/c28-27(29,30)23-13-7-12-21-17-32(15-14-22(21)23)26(34)18-33-25(20-10-5-2-6-11-20)16-24(31-33)19-8-3-1-4-9-19/h1-13,16H,14-15,17-18H2. The highest BCUT2D eigenvalue weighted by atomic mass is 19.4. The predicted molar refractivity (Wildman–Crippen MR) is 124 cm³/mol. The number of nitrogens with zero attached hydrogens (tertiary/aromatic N) is 3. The molecule has 2 heterocycles. The number of carbonyl (C=O) groups excluding carboxylic acids is 1. The maximum Gasteiger partial charge on any atom is 0.416 e. The Morgan fingerprint density at radius 2 is 1.56 bits per heavy atom. The van der Waals surface area contributed by atoms with E-state index in [0.29, 0.717) is 5.56 Å². The lowest BCUT2D eigenvalue weighted by Crippen LogP contribution is -2.39. The van der Waals surface area contributed by atoms with Gasteiger partial charge >= 0.3 is 6.18 Å². The van der Waals surface area contributed by atoms with Gasteiger partial charge in [0, 0.05) is 18.7 Å². The van der Waals surface area contributed by atoms with Crippen molar-refractivity contribution in [2.45, 2.75) is 25.7 Å². The summed E-state index contributed by atoms with van der Waals surface area (Å²) in [6, 6.07) is 25.6. The van der Waals surface area contributed by atoms with Crippen molar-refractivity contribution in [2.75, 3.05) is 6.54 Å². The molecule has 0 spiro atoms. The monoisotopic (exact) mass is 461 g/mol. The zero-order chi connectivity index (χ0) is 23.7. The minimum absolute atomic E-state index is 0.00531. The Bertz CT molecular complexity index is 1310. The van der Waals surface area contributed by atoms with Crippen molar-refractivity contribution in [1.29, 1.82) is 0 Å². The lowest BCUT2D eigenvalue weighted by atomic mass is 9.94. The van der Waals surface area contributed by atoms with E-state index in [4.69, 9.17) is 5.10 Å². The fourth-order valence-electron chi connectivity index (χ4n) is 4.44. The van der Waals surface area contributed by atoms with Gasteiger partial charge in [-0.25, -0.2) is 0 Å². The lowest BCUT2D eigenvalue weighted by molar-refractivity contribution is -0.138. The Hall–Kier alpha value is -3.87. The van der Waals surface area contributed by atoms with Crippen LogP contribution in [0.25, 0.3) is 22.5 Å². The summed E-state index contributed by atoms with van der Waals surface area (Å²) in [6.45, 7) is 0.406. The van der Waals surface area contributed by atoms with Crippen molar-refractivity contribution in [2.24, 2.45) is 0 Å². The molecule has 1 aliphatic rings. The largest absolute Gasteiger partial charge is 0.416 e. The third-order valence-electron chi connectivity index (χ3n) is 6.13. The first-order chi connectivity index (χ1) is 16.4. The highest BCUT2D eigenvalue weighted by molar-refractivity contribution is 5.78. The van der Waals surface area contributed by atoms with E-state index in [0.717, 1.165) is 28.6 Å². The number of fused-ring (bicyclic) bond motifs is 1. The Labute approximate surface area is 195 Å². The van der Waals surface area contributed by atoms with Crippen molar-refractivity contribution in [3.8, 4) is 22.5 Å². The second-order valence-corrected chi connectivity index (χ2v) is 8.31. The second-order valence-electron chi connectivity index (χ2n) is 8.31. The van der Waals surface area contributed by atoms with Crippen molar-refractivity contribution >= 4 is 5.91 Å². The van der Waals surface area contributed by atoms with Crippen LogP contribution in [-0.2, 0) is 30.5 Å². The summed E-state index contributed by atoms with van der Waals surface area (Å²) in [6.07, 6.45) is -4.22. The van der Waals surface area contributed by atoms with Crippen LogP contribution in [0.2, 0.25) is 0 Å². The van der Waals surface area contributed by atoms with Gasteiger partial charge in [0.2, 0.25) is 5.91 Å². The van der Waals surface area contributed by atoms with Crippen LogP contribution in [0.3, 0.4) is 0 Å². The van der Waals surface area contributed by atoms with Gasteiger partial charge in [-0.05, 0) is 35.2 Å². The molecule has 0 atom stereocenters. The van der Waals surface area contributed by atoms with Crippen LogP contribution in [0.5, 0.6) is 0 Å². The first-order valence-corrected chi connectivity index (χ1v) is 11.0. The Morgan fingerprint density at radius 1 is 0.882 bits per heavy atom. The van der Waals surface area contributed by atoms with Gasteiger partial charge in [-0.2, -0.15) is 18.3 Å². The molecule has 0 aliphatic carbocycles. The van der Waals surface area contributed by atoms with Crippen LogP contribution >= 0.6 is 0 Å². The maximum absolute atomic E-state index is 13.4. The van der Waals surface area contributed by atoms with Gasteiger partial charge in [0.15, 0.2) is 0 Å². The summed E-state index contributed by atoms with van der Waals surface area (Å²) < 4.78 is 41.8. The smallest absolute Gasteiger partial charge is 0.336 e. The van der Waals surface area contributed by atoms with Crippen LogP contribution in [-0.4, -0.2) is 27.1 Å². The molecule has 4 nitrogen and oxygen atoms in total. The number of hydrogen-bond donors (Lipinski definition) is 0. The van der Waals surface area contributed by atoms with Gasteiger partial charge in [0.1, 0.15) is 6.54 Å². The van der Waals surface area contributed by atoms with Gasteiger partial charge in [-0.3, -0.25) is 9.48 Å². The van der Waals surface area contributed by atoms with Gasteiger partial charge in [-0.15, -0.1) is 0 Å².